The molecular formula is C18H24F3NO4. The van der Waals surface area contributed by atoms with Crippen molar-refractivity contribution in [2.24, 2.45) is 0 Å². The molecular weight excluding hydrogens is 351 g/mol. The van der Waals surface area contributed by atoms with Crippen LogP contribution in [0.4, 0.5) is 13.2 Å². The molecule has 0 aromatic carbocycles. The first kappa shape index (κ1) is 21.9. The third-order valence-electron chi connectivity index (χ3n) is 2.85. The summed E-state index contributed by atoms with van der Waals surface area (Å²) in [5, 5.41) is 0. The van der Waals surface area contributed by atoms with Crippen LogP contribution in [-0.4, -0.2) is 28.1 Å². The third kappa shape index (κ3) is 7.84. The van der Waals surface area contributed by atoms with Crippen molar-refractivity contribution in [3.8, 4) is 0 Å². The Bertz CT molecular complexity index is 670. The van der Waals surface area contributed by atoms with Gasteiger partial charge in [0, 0.05) is 0 Å². The van der Waals surface area contributed by atoms with Crippen LogP contribution in [0.2, 0.25) is 0 Å². The standard InChI is InChI=1S/C18H24F3NO4/c1-16(2,3)25-14(23)9-11-7-8-13(18(19,20)21)22-12(11)10-15(24)26-17(4,5)6/h7-8H,9-10H2,1-6H3. The summed E-state index contributed by atoms with van der Waals surface area (Å²) in [5.74, 6) is -1.35. The first-order valence-electron chi connectivity index (χ1n) is 8.06. The summed E-state index contributed by atoms with van der Waals surface area (Å²) in [6, 6.07) is 1.91. The summed E-state index contributed by atoms with van der Waals surface area (Å²) in [5.41, 5.74) is -2.62. The van der Waals surface area contributed by atoms with Gasteiger partial charge in [-0.05, 0) is 53.2 Å². The molecule has 1 heterocycles. The highest BCUT2D eigenvalue weighted by Crippen LogP contribution is 2.29. The molecule has 0 radical (unpaired) electrons. The molecule has 0 aliphatic carbocycles. The van der Waals surface area contributed by atoms with Gasteiger partial charge in [-0.2, -0.15) is 13.2 Å². The van der Waals surface area contributed by atoms with Crippen LogP contribution in [0.5, 0.6) is 0 Å². The minimum absolute atomic E-state index is 0.153. The molecule has 0 unspecified atom stereocenters. The maximum absolute atomic E-state index is 12.9. The molecule has 5 nitrogen and oxygen atoms in total. The molecule has 0 aliphatic rings. The van der Waals surface area contributed by atoms with Crippen molar-refractivity contribution < 1.29 is 32.2 Å². The highest BCUT2D eigenvalue weighted by atomic mass is 19.4. The van der Waals surface area contributed by atoms with E-state index in [0.717, 1.165) is 12.1 Å². The second-order valence-corrected chi connectivity index (χ2v) is 7.83. The number of aromatic nitrogens is 1. The third-order valence-corrected chi connectivity index (χ3v) is 2.85. The first-order valence-corrected chi connectivity index (χ1v) is 8.06. The lowest BCUT2D eigenvalue weighted by Crippen LogP contribution is -2.27. The van der Waals surface area contributed by atoms with E-state index in [4.69, 9.17) is 9.47 Å². The number of ether oxygens (including phenoxy) is 2. The molecule has 8 heteroatoms. The van der Waals surface area contributed by atoms with Gasteiger partial charge in [-0.25, -0.2) is 4.98 Å². The van der Waals surface area contributed by atoms with Gasteiger partial charge in [0.25, 0.3) is 0 Å². The van der Waals surface area contributed by atoms with Gasteiger partial charge in [-0.15, -0.1) is 0 Å². The Morgan fingerprint density at radius 3 is 1.77 bits per heavy atom. The largest absolute Gasteiger partial charge is 0.460 e. The van der Waals surface area contributed by atoms with Gasteiger partial charge in [0.1, 0.15) is 16.9 Å². The van der Waals surface area contributed by atoms with Gasteiger partial charge < -0.3 is 9.47 Å². The number of carbonyl (C=O) groups is 2. The van der Waals surface area contributed by atoms with Crippen molar-refractivity contribution >= 4 is 11.9 Å². The van der Waals surface area contributed by atoms with Crippen LogP contribution in [0, 0.1) is 0 Å². The molecule has 0 atom stereocenters. The number of carbonyl (C=O) groups excluding carboxylic acids is 2. The predicted octanol–water partition coefficient (Wildman–Crippen LogP) is 3.87. The summed E-state index contributed by atoms with van der Waals surface area (Å²) in [6.07, 6.45) is -5.42. The van der Waals surface area contributed by atoms with Crippen LogP contribution >= 0.6 is 0 Å². The van der Waals surface area contributed by atoms with E-state index in [1.807, 2.05) is 0 Å². The average Bonchev–Trinajstić information content (AvgIpc) is 2.34. The molecule has 1 rings (SSSR count). The van der Waals surface area contributed by atoms with Crippen molar-refractivity contribution in [2.75, 3.05) is 0 Å². The molecule has 0 spiro atoms. The van der Waals surface area contributed by atoms with E-state index >= 15 is 0 Å². The Morgan fingerprint density at radius 1 is 0.885 bits per heavy atom. The second-order valence-electron chi connectivity index (χ2n) is 7.83. The Hall–Kier alpha value is -2.12. The van der Waals surface area contributed by atoms with Crippen molar-refractivity contribution in [3.63, 3.8) is 0 Å². The molecule has 0 saturated heterocycles. The van der Waals surface area contributed by atoms with Gasteiger partial charge in [0.2, 0.25) is 0 Å². The van der Waals surface area contributed by atoms with Crippen LogP contribution in [-0.2, 0) is 38.1 Å². The van der Waals surface area contributed by atoms with E-state index in [1.54, 1.807) is 41.5 Å². The molecule has 0 N–H and O–H groups in total. The zero-order valence-electron chi connectivity index (χ0n) is 15.8. The SMILES string of the molecule is CC(C)(C)OC(=O)Cc1ccc(C(F)(F)F)nc1CC(=O)OC(C)(C)C. The van der Waals surface area contributed by atoms with E-state index in [0.29, 0.717) is 0 Å². The fraction of sp³-hybridized carbons (Fsp3) is 0.611. The number of alkyl halides is 3. The Balaban J connectivity index is 3.12. The van der Waals surface area contributed by atoms with Gasteiger partial charge >= 0.3 is 18.1 Å². The van der Waals surface area contributed by atoms with E-state index < -0.39 is 41.4 Å². The van der Waals surface area contributed by atoms with E-state index in [9.17, 15) is 22.8 Å². The first-order chi connectivity index (χ1) is 11.6. The predicted molar refractivity (Wildman–Crippen MR) is 88.3 cm³/mol. The summed E-state index contributed by atoms with van der Waals surface area (Å²) in [6.45, 7) is 9.97. The summed E-state index contributed by atoms with van der Waals surface area (Å²) in [7, 11) is 0. The number of nitrogens with zero attached hydrogens (tertiary/aromatic N) is 1. The van der Waals surface area contributed by atoms with E-state index in [1.165, 1.54) is 0 Å². The lowest BCUT2D eigenvalue weighted by Gasteiger charge is -2.21. The number of esters is 2. The summed E-state index contributed by atoms with van der Waals surface area (Å²) < 4.78 is 49.1. The maximum Gasteiger partial charge on any atom is 0.433 e. The molecule has 146 valence electrons. The lowest BCUT2D eigenvalue weighted by atomic mass is 10.1. The fourth-order valence-corrected chi connectivity index (χ4v) is 2.05. The number of halogens is 3. The van der Waals surface area contributed by atoms with Crippen molar-refractivity contribution in [2.45, 2.75) is 71.8 Å². The van der Waals surface area contributed by atoms with Gasteiger partial charge in [0.05, 0.1) is 18.5 Å². The van der Waals surface area contributed by atoms with Crippen LogP contribution < -0.4 is 0 Å². The highest BCUT2D eigenvalue weighted by Gasteiger charge is 2.33. The van der Waals surface area contributed by atoms with Crippen LogP contribution in [0.15, 0.2) is 12.1 Å². The van der Waals surface area contributed by atoms with E-state index in [2.05, 4.69) is 4.98 Å². The van der Waals surface area contributed by atoms with Crippen LogP contribution in [0.3, 0.4) is 0 Å². The molecule has 1 aromatic heterocycles. The number of rotatable bonds is 4. The Labute approximate surface area is 150 Å². The number of hydrogen-bond donors (Lipinski definition) is 0. The molecule has 0 aliphatic heterocycles. The molecule has 26 heavy (non-hydrogen) atoms. The highest BCUT2D eigenvalue weighted by molar-refractivity contribution is 5.76. The van der Waals surface area contributed by atoms with Gasteiger partial charge in [-0.3, -0.25) is 9.59 Å². The van der Waals surface area contributed by atoms with Gasteiger partial charge in [0.15, 0.2) is 0 Å². The van der Waals surface area contributed by atoms with Crippen LogP contribution in [0.25, 0.3) is 0 Å². The van der Waals surface area contributed by atoms with E-state index in [-0.39, 0.29) is 17.7 Å². The molecule has 0 saturated carbocycles. The summed E-state index contributed by atoms with van der Waals surface area (Å²) >= 11 is 0. The molecule has 0 fully saturated rings. The topological polar surface area (TPSA) is 65.5 Å². The van der Waals surface area contributed by atoms with Crippen molar-refractivity contribution in [1.82, 2.24) is 4.98 Å². The molecule has 0 bridgehead atoms. The van der Waals surface area contributed by atoms with Crippen LogP contribution in [0.1, 0.15) is 58.5 Å². The zero-order valence-corrected chi connectivity index (χ0v) is 15.8. The maximum atomic E-state index is 12.9. The molecule has 1 aromatic rings. The monoisotopic (exact) mass is 375 g/mol. The smallest absolute Gasteiger partial charge is 0.433 e. The zero-order chi connectivity index (χ0) is 20.3. The summed E-state index contributed by atoms with van der Waals surface area (Å²) in [4.78, 5) is 27.5. The average molecular weight is 375 g/mol. The fourth-order valence-electron chi connectivity index (χ4n) is 2.05. The quantitative estimate of drug-likeness (QED) is 0.748. The molecule has 0 amide bonds. The van der Waals surface area contributed by atoms with Crippen molar-refractivity contribution in [3.05, 3.63) is 29.1 Å². The number of hydrogen-bond acceptors (Lipinski definition) is 5. The minimum Gasteiger partial charge on any atom is -0.460 e. The minimum atomic E-state index is -4.66. The number of pyridine rings is 1. The second kappa shape index (κ2) is 7.63. The normalized spacial score (nSPS) is 12.7. The van der Waals surface area contributed by atoms with Gasteiger partial charge in [-0.1, -0.05) is 6.07 Å². The lowest BCUT2D eigenvalue weighted by molar-refractivity contribution is -0.155. The van der Waals surface area contributed by atoms with Crippen molar-refractivity contribution in [1.29, 1.82) is 0 Å². The Morgan fingerprint density at radius 2 is 1.35 bits per heavy atom. The Kier molecular flexibility index (Phi) is 6.44.